The lowest BCUT2D eigenvalue weighted by atomic mass is 10.1. The second-order valence-corrected chi connectivity index (χ2v) is 5.57. The molecule has 1 aromatic carbocycles. The fraction of sp³-hybridized carbons (Fsp3) is 0.188. The van der Waals surface area contributed by atoms with Gasteiger partial charge >= 0.3 is 0 Å². The Labute approximate surface area is 127 Å². The van der Waals surface area contributed by atoms with Crippen LogP contribution in [0.25, 0.3) is 33.2 Å². The summed E-state index contributed by atoms with van der Waals surface area (Å²) in [7, 11) is 1.86. The molecule has 4 rings (SSSR count). The van der Waals surface area contributed by atoms with Crippen LogP contribution in [0.4, 0.5) is 5.95 Å². The maximum Gasteiger partial charge on any atom is 0.222 e. The Morgan fingerprint density at radius 1 is 1.18 bits per heavy atom. The van der Waals surface area contributed by atoms with Crippen molar-refractivity contribution in [3.8, 4) is 11.3 Å². The summed E-state index contributed by atoms with van der Waals surface area (Å²) in [6.45, 7) is 4.21. The van der Waals surface area contributed by atoms with E-state index in [1.54, 1.807) is 10.9 Å². The van der Waals surface area contributed by atoms with Crippen molar-refractivity contribution in [1.29, 1.82) is 0 Å². The fourth-order valence-corrected chi connectivity index (χ4v) is 2.87. The second-order valence-electron chi connectivity index (χ2n) is 5.57. The zero-order chi connectivity index (χ0) is 15.4. The van der Waals surface area contributed by atoms with Crippen LogP contribution < -0.4 is 5.73 Å². The summed E-state index contributed by atoms with van der Waals surface area (Å²) in [5.74, 6) is 0.259. The third kappa shape index (κ3) is 1.70. The van der Waals surface area contributed by atoms with Crippen LogP contribution in [0.2, 0.25) is 0 Å². The first-order valence-electron chi connectivity index (χ1n) is 7.09. The van der Waals surface area contributed by atoms with E-state index in [0.717, 1.165) is 27.8 Å². The largest absolute Gasteiger partial charge is 0.368 e. The molecule has 0 aliphatic rings. The van der Waals surface area contributed by atoms with Crippen LogP contribution in [0.5, 0.6) is 0 Å². The van der Waals surface area contributed by atoms with E-state index < -0.39 is 0 Å². The topological polar surface area (TPSA) is 85.4 Å². The van der Waals surface area contributed by atoms with E-state index in [0.29, 0.717) is 0 Å². The molecule has 0 radical (unpaired) electrons. The number of anilines is 1. The van der Waals surface area contributed by atoms with Crippen LogP contribution >= 0.6 is 0 Å². The van der Waals surface area contributed by atoms with Crippen molar-refractivity contribution < 1.29 is 0 Å². The van der Waals surface area contributed by atoms with E-state index in [1.807, 2.05) is 7.05 Å². The third-order valence-electron chi connectivity index (χ3n) is 4.18. The number of aromatic nitrogens is 5. The van der Waals surface area contributed by atoms with E-state index >= 15 is 0 Å². The van der Waals surface area contributed by atoms with Crippen molar-refractivity contribution in [2.45, 2.75) is 13.8 Å². The number of nitrogens with zero attached hydrogens (tertiary/aromatic N) is 4. The van der Waals surface area contributed by atoms with Crippen molar-refractivity contribution in [2.24, 2.45) is 7.05 Å². The van der Waals surface area contributed by atoms with Gasteiger partial charge in [0.2, 0.25) is 5.95 Å². The third-order valence-corrected chi connectivity index (χ3v) is 4.18. The smallest absolute Gasteiger partial charge is 0.222 e. The number of rotatable bonds is 1. The molecule has 0 unspecified atom stereocenters. The molecule has 0 aliphatic carbocycles. The molecule has 0 saturated heterocycles. The minimum absolute atomic E-state index is 0.259. The van der Waals surface area contributed by atoms with Gasteiger partial charge in [-0.3, -0.25) is 0 Å². The van der Waals surface area contributed by atoms with Gasteiger partial charge in [-0.05, 0) is 31.5 Å². The predicted octanol–water partition coefficient (Wildman–Crippen LogP) is 2.71. The molecule has 3 N–H and O–H groups in total. The number of benzene rings is 1. The number of nitrogens with one attached hydrogen (secondary N) is 1. The van der Waals surface area contributed by atoms with Gasteiger partial charge in [0.1, 0.15) is 5.69 Å². The standard InChI is InChI=1S/C16H16N6/c1-8-9(2)19-13-5-4-10(6-11(8)13)14-12-7-18-16(17)20-15(12)22(3)21-14/h4-7,19H,1-3H3,(H2,17,18,20). The normalized spacial score (nSPS) is 11.6. The minimum atomic E-state index is 0.259. The summed E-state index contributed by atoms with van der Waals surface area (Å²) in [6.07, 6.45) is 1.74. The first-order chi connectivity index (χ1) is 10.5. The number of fused-ring (bicyclic) bond motifs is 2. The summed E-state index contributed by atoms with van der Waals surface area (Å²) < 4.78 is 1.74. The highest BCUT2D eigenvalue weighted by molar-refractivity contribution is 5.95. The molecule has 0 aliphatic heterocycles. The van der Waals surface area contributed by atoms with Crippen LogP contribution in [0.3, 0.4) is 0 Å². The molecule has 6 nitrogen and oxygen atoms in total. The number of hydrogen-bond acceptors (Lipinski definition) is 4. The molecule has 6 heteroatoms. The van der Waals surface area contributed by atoms with Gasteiger partial charge in [-0.2, -0.15) is 10.1 Å². The van der Waals surface area contributed by atoms with Gasteiger partial charge in [-0.1, -0.05) is 6.07 Å². The van der Waals surface area contributed by atoms with Crippen LogP contribution in [0.1, 0.15) is 11.3 Å². The molecule has 0 fully saturated rings. The number of hydrogen-bond donors (Lipinski definition) is 2. The maximum absolute atomic E-state index is 5.67. The predicted molar refractivity (Wildman–Crippen MR) is 87.5 cm³/mol. The molecule has 3 aromatic heterocycles. The van der Waals surface area contributed by atoms with Crippen LogP contribution in [-0.2, 0) is 7.05 Å². The fourth-order valence-electron chi connectivity index (χ4n) is 2.87. The van der Waals surface area contributed by atoms with Crippen molar-refractivity contribution >= 4 is 27.9 Å². The zero-order valence-electron chi connectivity index (χ0n) is 12.7. The van der Waals surface area contributed by atoms with Crippen molar-refractivity contribution in [3.63, 3.8) is 0 Å². The van der Waals surface area contributed by atoms with Crippen molar-refractivity contribution in [3.05, 3.63) is 35.7 Å². The summed E-state index contributed by atoms with van der Waals surface area (Å²) in [5.41, 5.74) is 11.9. The summed E-state index contributed by atoms with van der Waals surface area (Å²) in [4.78, 5) is 11.8. The van der Waals surface area contributed by atoms with Gasteiger partial charge < -0.3 is 10.7 Å². The van der Waals surface area contributed by atoms with Gasteiger partial charge in [0.25, 0.3) is 0 Å². The molecular formula is C16H16N6. The molecule has 4 aromatic rings. The van der Waals surface area contributed by atoms with Crippen LogP contribution in [0, 0.1) is 13.8 Å². The van der Waals surface area contributed by atoms with Crippen LogP contribution in [0.15, 0.2) is 24.4 Å². The van der Waals surface area contributed by atoms with E-state index in [2.05, 4.69) is 52.1 Å². The molecule has 0 saturated carbocycles. The van der Waals surface area contributed by atoms with Gasteiger partial charge in [0, 0.05) is 35.4 Å². The van der Waals surface area contributed by atoms with Gasteiger partial charge in [0.05, 0.1) is 5.39 Å². The number of aryl methyl sites for hydroxylation is 3. The molecule has 0 atom stereocenters. The van der Waals surface area contributed by atoms with Crippen molar-refractivity contribution in [1.82, 2.24) is 24.7 Å². The number of aromatic amines is 1. The van der Waals surface area contributed by atoms with E-state index in [9.17, 15) is 0 Å². The molecule has 110 valence electrons. The second kappa shape index (κ2) is 4.30. The Morgan fingerprint density at radius 2 is 2.00 bits per heavy atom. The average molecular weight is 292 g/mol. The number of nitrogen functional groups attached to an aromatic ring is 1. The lowest BCUT2D eigenvalue weighted by Crippen LogP contribution is -1.97. The molecule has 0 bridgehead atoms. The molecule has 0 amide bonds. The highest BCUT2D eigenvalue weighted by atomic mass is 15.3. The Balaban J connectivity index is 2.00. The number of nitrogens with two attached hydrogens (primary N) is 1. The Kier molecular flexibility index (Phi) is 2.51. The molecule has 0 spiro atoms. The average Bonchev–Trinajstić information content (AvgIpc) is 2.97. The minimum Gasteiger partial charge on any atom is -0.368 e. The van der Waals surface area contributed by atoms with E-state index in [4.69, 9.17) is 5.73 Å². The summed E-state index contributed by atoms with van der Waals surface area (Å²) in [5, 5.41) is 6.71. The van der Waals surface area contributed by atoms with Gasteiger partial charge in [0.15, 0.2) is 5.65 Å². The maximum atomic E-state index is 5.67. The lowest BCUT2D eigenvalue weighted by Gasteiger charge is -1.99. The monoisotopic (exact) mass is 292 g/mol. The highest BCUT2D eigenvalue weighted by Crippen LogP contribution is 2.30. The first-order valence-corrected chi connectivity index (χ1v) is 7.09. The Bertz CT molecular complexity index is 1020. The van der Waals surface area contributed by atoms with E-state index in [1.165, 1.54) is 16.6 Å². The Morgan fingerprint density at radius 3 is 2.82 bits per heavy atom. The molecule has 3 heterocycles. The summed E-state index contributed by atoms with van der Waals surface area (Å²) >= 11 is 0. The molecular weight excluding hydrogens is 276 g/mol. The van der Waals surface area contributed by atoms with Crippen molar-refractivity contribution in [2.75, 3.05) is 5.73 Å². The summed E-state index contributed by atoms with van der Waals surface area (Å²) in [6, 6.07) is 6.31. The SMILES string of the molecule is Cc1[nH]c2ccc(-c3nn(C)c4nc(N)ncc34)cc2c1C. The van der Waals surface area contributed by atoms with Crippen LogP contribution in [-0.4, -0.2) is 24.7 Å². The van der Waals surface area contributed by atoms with Gasteiger partial charge in [-0.25, -0.2) is 9.67 Å². The Hall–Kier alpha value is -2.89. The molecule has 22 heavy (non-hydrogen) atoms. The zero-order valence-corrected chi connectivity index (χ0v) is 12.7. The lowest BCUT2D eigenvalue weighted by molar-refractivity contribution is 0.789. The van der Waals surface area contributed by atoms with Gasteiger partial charge in [-0.15, -0.1) is 0 Å². The van der Waals surface area contributed by atoms with E-state index in [-0.39, 0.29) is 5.95 Å². The highest BCUT2D eigenvalue weighted by Gasteiger charge is 2.14. The first kappa shape index (κ1) is 12.8. The number of H-pyrrole nitrogens is 1. The quantitative estimate of drug-likeness (QED) is 0.565.